The summed E-state index contributed by atoms with van der Waals surface area (Å²) in [6, 6.07) is 11.6. The lowest BCUT2D eigenvalue weighted by Crippen LogP contribution is -2.36. The van der Waals surface area contributed by atoms with Crippen molar-refractivity contribution in [3.63, 3.8) is 0 Å². The van der Waals surface area contributed by atoms with Crippen LogP contribution in [0.3, 0.4) is 0 Å². The lowest BCUT2D eigenvalue weighted by molar-refractivity contribution is -0.147. The van der Waals surface area contributed by atoms with Crippen molar-refractivity contribution in [2.45, 2.75) is 26.7 Å². The van der Waals surface area contributed by atoms with Gasteiger partial charge in [0.05, 0.1) is 24.9 Å². The maximum Gasteiger partial charge on any atom is 0.325 e. The molecule has 0 saturated heterocycles. The van der Waals surface area contributed by atoms with E-state index in [0.717, 1.165) is 39.6 Å². The first kappa shape index (κ1) is 27.9. The van der Waals surface area contributed by atoms with Crippen molar-refractivity contribution in [2.24, 2.45) is 0 Å². The van der Waals surface area contributed by atoms with Gasteiger partial charge < -0.3 is 25.0 Å². The van der Waals surface area contributed by atoms with Gasteiger partial charge in [-0.15, -0.1) is 0 Å². The molecule has 3 aromatic rings. The molecule has 0 aliphatic rings. The Balaban J connectivity index is 1.74. The number of nitrogens with one attached hydrogen (secondary N) is 2. The molecule has 1 heterocycles. The third-order valence-electron chi connectivity index (χ3n) is 5.43. The summed E-state index contributed by atoms with van der Waals surface area (Å²) in [4.78, 5) is 34.9. The Morgan fingerprint density at radius 2 is 2.00 bits per heavy atom. The number of rotatable bonds is 13. The highest BCUT2D eigenvalue weighted by Gasteiger charge is 2.15. The predicted octanol–water partition coefficient (Wildman–Crippen LogP) is 5.30. The number of carbonyl (C=O) groups excluding carboxylic acids is 2. The van der Waals surface area contributed by atoms with Gasteiger partial charge in [-0.1, -0.05) is 41.4 Å². The maximum absolute atomic E-state index is 12.7. The number of anilines is 3. The molecule has 1 aromatic heterocycles. The molecule has 9 nitrogen and oxygen atoms in total. The number of hydrogen-bond donors (Lipinski definition) is 2. The first-order valence-corrected chi connectivity index (χ1v) is 12.9. The summed E-state index contributed by atoms with van der Waals surface area (Å²) in [5, 5.41) is 7.44. The number of hydrogen-bond acceptors (Lipinski definition) is 8. The first-order chi connectivity index (χ1) is 17.9. The lowest BCUT2D eigenvalue weighted by atomic mass is 10.2. The van der Waals surface area contributed by atoms with E-state index in [1.807, 2.05) is 43.3 Å². The Bertz CT molecular complexity index is 1250. The molecular weight excluding hydrogens is 538 g/mol. The highest BCUT2D eigenvalue weighted by Crippen LogP contribution is 2.33. The largest absolute Gasteiger partial charge is 0.495 e. The molecule has 2 aromatic carbocycles. The SMILES string of the molecule is CCCCN(CC(=O)OCC)C(=O)C=CCNc1cc2c(Nc3cccc(Br)c3)ncnc2cc1OC. The second-order valence-corrected chi connectivity index (χ2v) is 9.04. The molecular formula is C27H32BrN5O4. The molecule has 0 aliphatic carbocycles. The summed E-state index contributed by atoms with van der Waals surface area (Å²) in [7, 11) is 1.59. The number of benzene rings is 2. The zero-order valence-corrected chi connectivity index (χ0v) is 22.9. The zero-order valence-electron chi connectivity index (χ0n) is 21.3. The van der Waals surface area contributed by atoms with E-state index in [1.54, 1.807) is 20.1 Å². The highest BCUT2D eigenvalue weighted by molar-refractivity contribution is 9.10. The fourth-order valence-corrected chi connectivity index (χ4v) is 4.01. The second-order valence-electron chi connectivity index (χ2n) is 8.13. The number of halogens is 1. The van der Waals surface area contributed by atoms with E-state index in [4.69, 9.17) is 9.47 Å². The molecule has 0 saturated carbocycles. The molecule has 196 valence electrons. The topological polar surface area (TPSA) is 106 Å². The van der Waals surface area contributed by atoms with Crippen molar-refractivity contribution in [2.75, 3.05) is 44.0 Å². The Labute approximate surface area is 225 Å². The quantitative estimate of drug-likeness (QED) is 0.211. The molecule has 1 amide bonds. The van der Waals surface area contributed by atoms with Crippen molar-refractivity contribution >= 4 is 55.9 Å². The van der Waals surface area contributed by atoms with Crippen LogP contribution in [0, 0.1) is 0 Å². The molecule has 0 spiro atoms. The van der Waals surface area contributed by atoms with Crippen LogP contribution in [-0.4, -0.2) is 60.1 Å². The molecule has 0 atom stereocenters. The van der Waals surface area contributed by atoms with E-state index in [2.05, 4.69) is 36.5 Å². The maximum atomic E-state index is 12.7. The first-order valence-electron chi connectivity index (χ1n) is 12.1. The summed E-state index contributed by atoms with van der Waals surface area (Å²) in [6.07, 6.45) is 6.42. The smallest absolute Gasteiger partial charge is 0.325 e. The lowest BCUT2D eigenvalue weighted by Gasteiger charge is -2.19. The van der Waals surface area contributed by atoms with Crippen LogP contribution >= 0.6 is 15.9 Å². The minimum absolute atomic E-state index is 0.0588. The molecule has 0 radical (unpaired) electrons. The standard InChI is InChI=1S/C27H32BrN5O4/c1-4-6-13-33(17-26(35)37-5-2)25(34)11-8-12-29-23-15-21-22(16-24(23)36-3)30-18-31-27(21)32-20-10-7-9-19(28)14-20/h7-11,14-16,18,29H,4-6,12-13,17H2,1-3H3,(H,30,31,32). The van der Waals surface area contributed by atoms with Gasteiger partial charge in [-0.2, -0.15) is 0 Å². The van der Waals surface area contributed by atoms with Crippen molar-refractivity contribution in [3.05, 3.63) is 59.4 Å². The van der Waals surface area contributed by atoms with Crippen LogP contribution in [0.1, 0.15) is 26.7 Å². The number of nitrogens with zero attached hydrogens (tertiary/aromatic N) is 3. The fraction of sp³-hybridized carbons (Fsp3) is 0.333. The number of unbranched alkanes of at least 4 members (excludes halogenated alkanes) is 1. The Morgan fingerprint density at radius 3 is 2.73 bits per heavy atom. The van der Waals surface area contributed by atoms with Gasteiger partial charge in [-0.05, 0) is 37.6 Å². The molecule has 0 unspecified atom stereocenters. The van der Waals surface area contributed by atoms with Crippen LogP contribution in [0.15, 0.2) is 59.4 Å². The van der Waals surface area contributed by atoms with Crippen molar-refractivity contribution in [3.8, 4) is 5.75 Å². The van der Waals surface area contributed by atoms with E-state index >= 15 is 0 Å². The van der Waals surface area contributed by atoms with Crippen molar-refractivity contribution < 1.29 is 19.1 Å². The normalized spacial score (nSPS) is 10.9. The Morgan fingerprint density at radius 1 is 1.16 bits per heavy atom. The number of amides is 1. The van der Waals surface area contributed by atoms with Gasteiger partial charge in [0.1, 0.15) is 24.4 Å². The minimum atomic E-state index is -0.408. The van der Waals surface area contributed by atoms with E-state index < -0.39 is 5.97 Å². The number of esters is 1. The van der Waals surface area contributed by atoms with Crippen molar-refractivity contribution in [1.29, 1.82) is 0 Å². The molecule has 2 N–H and O–H groups in total. The van der Waals surface area contributed by atoms with Gasteiger partial charge in [0, 0.05) is 40.8 Å². The third kappa shape index (κ3) is 8.18. The van der Waals surface area contributed by atoms with Crippen LogP contribution in [-0.2, 0) is 14.3 Å². The highest BCUT2D eigenvalue weighted by atomic mass is 79.9. The molecule has 0 bridgehead atoms. The van der Waals surface area contributed by atoms with E-state index in [0.29, 0.717) is 24.7 Å². The van der Waals surface area contributed by atoms with Gasteiger partial charge in [0.15, 0.2) is 0 Å². The van der Waals surface area contributed by atoms with Gasteiger partial charge in [-0.3, -0.25) is 9.59 Å². The Kier molecular flexibility index (Phi) is 10.7. The third-order valence-corrected chi connectivity index (χ3v) is 5.93. The van der Waals surface area contributed by atoms with Crippen LogP contribution in [0.2, 0.25) is 0 Å². The molecule has 37 heavy (non-hydrogen) atoms. The molecule has 0 fully saturated rings. The zero-order chi connectivity index (χ0) is 26.6. The summed E-state index contributed by atoms with van der Waals surface area (Å²) in [6.45, 7) is 4.88. The number of fused-ring (bicyclic) bond motifs is 1. The minimum Gasteiger partial charge on any atom is -0.495 e. The van der Waals surface area contributed by atoms with Crippen LogP contribution in [0.25, 0.3) is 10.9 Å². The predicted molar refractivity (Wildman–Crippen MR) is 149 cm³/mol. The van der Waals surface area contributed by atoms with Gasteiger partial charge in [-0.25, -0.2) is 9.97 Å². The number of ether oxygens (including phenoxy) is 2. The summed E-state index contributed by atoms with van der Waals surface area (Å²) >= 11 is 3.49. The summed E-state index contributed by atoms with van der Waals surface area (Å²) in [5.74, 6) is 0.632. The van der Waals surface area contributed by atoms with E-state index in [1.165, 1.54) is 17.3 Å². The average molecular weight is 570 g/mol. The van der Waals surface area contributed by atoms with E-state index in [-0.39, 0.29) is 19.1 Å². The van der Waals surface area contributed by atoms with Gasteiger partial charge in [0.25, 0.3) is 0 Å². The van der Waals surface area contributed by atoms with Crippen LogP contribution in [0.5, 0.6) is 5.75 Å². The molecule has 10 heteroatoms. The monoisotopic (exact) mass is 569 g/mol. The van der Waals surface area contributed by atoms with E-state index in [9.17, 15) is 9.59 Å². The summed E-state index contributed by atoms with van der Waals surface area (Å²) in [5.41, 5.74) is 2.34. The number of methoxy groups -OCH3 is 1. The number of aromatic nitrogens is 2. The van der Waals surface area contributed by atoms with Crippen LogP contribution in [0.4, 0.5) is 17.2 Å². The number of carbonyl (C=O) groups is 2. The molecule has 3 rings (SSSR count). The van der Waals surface area contributed by atoms with Gasteiger partial charge in [0.2, 0.25) is 5.91 Å². The summed E-state index contributed by atoms with van der Waals surface area (Å²) < 4.78 is 11.5. The average Bonchev–Trinajstić information content (AvgIpc) is 2.89. The van der Waals surface area contributed by atoms with Crippen LogP contribution < -0.4 is 15.4 Å². The molecule has 0 aliphatic heterocycles. The second kappa shape index (κ2) is 14.2. The van der Waals surface area contributed by atoms with Crippen molar-refractivity contribution in [1.82, 2.24) is 14.9 Å². The van der Waals surface area contributed by atoms with Gasteiger partial charge >= 0.3 is 5.97 Å². The Hall–Kier alpha value is -3.66. The fourth-order valence-electron chi connectivity index (χ4n) is 3.61.